The van der Waals surface area contributed by atoms with E-state index in [1.165, 1.54) is 74.1 Å². The number of fused-ring (bicyclic) bond motifs is 1. The second kappa shape index (κ2) is 6.38. The van der Waals surface area contributed by atoms with E-state index in [0.717, 1.165) is 18.6 Å². The van der Waals surface area contributed by atoms with Gasteiger partial charge in [-0.25, -0.2) is 4.98 Å². The molecule has 0 spiro atoms. The van der Waals surface area contributed by atoms with Gasteiger partial charge in [0.1, 0.15) is 5.82 Å². The lowest BCUT2D eigenvalue weighted by Crippen LogP contribution is -2.32. The van der Waals surface area contributed by atoms with Gasteiger partial charge in [-0.3, -0.25) is 0 Å². The first-order valence-corrected chi connectivity index (χ1v) is 9.22. The van der Waals surface area contributed by atoms with Gasteiger partial charge in [0.25, 0.3) is 0 Å². The average molecular weight is 309 g/mol. The summed E-state index contributed by atoms with van der Waals surface area (Å²) in [6.45, 7) is 6.87. The second-order valence-corrected chi connectivity index (χ2v) is 7.12. The van der Waals surface area contributed by atoms with E-state index in [1.54, 1.807) is 0 Å². The van der Waals surface area contributed by atoms with Gasteiger partial charge >= 0.3 is 0 Å². The normalized spacial score (nSPS) is 19.3. The first-order valence-electron chi connectivity index (χ1n) is 9.22. The number of piperidine rings is 2. The van der Waals surface area contributed by atoms with Gasteiger partial charge < -0.3 is 9.80 Å². The van der Waals surface area contributed by atoms with E-state index in [9.17, 15) is 0 Å². The van der Waals surface area contributed by atoms with E-state index >= 15 is 0 Å². The molecule has 1 aromatic heterocycles. The fraction of sp³-hybridized carbons (Fsp3) is 0.550. The molecule has 0 aliphatic carbocycles. The van der Waals surface area contributed by atoms with Gasteiger partial charge in [0, 0.05) is 43.3 Å². The molecular formula is C20H27N3. The maximum absolute atomic E-state index is 4.99. The Morgan fingerprint density at radius 1 is 0.783 bits per heavy atom. The summed E-state index contributed by atoms with van der Waals surface area (Å²) in [7, 11) is 0. The highest BCUT2D eigenvalue weighted by molar-refractivity contribution is 5.94. The molecule has 3 nitrogen and oxygen atoms in total. The van der Waals surface area contributed by atoms with E-state index in [-0.39, 0.29) is 0 Å². The average Bonchev–Trinajstić information content (AvgIpc) is 2.62. The molecule has 2 aliphatic rings. The molecule has 0 N–H and O–H groups in total. The van der Waals surface area contributed by atoms with Crippen molar-refractivity contribution in [1.82, 2.24) is 4.98 Å². The van der Waals surface area contributed by atoms with Gasteiger partial charge in [0.05, 0.1) is 5.52 Å². The van der Waals surface area contributed by atoms with Crippen molar-refractivity contribution in [3.63, 3.8) is 0 Å². The van der Waals surface area contributed by atoms with Gasteiger partial charge in [-0.2, -0.15) is 0 Å². The smallest absolute Gasteiger partial charge is 0.131 e. The van der Waals surface area contributed by atoms with Crippen molar-refractivity contribution in [2.45, 2.75) is 45.4 Å². The van der Waals surface area contributed by atoms with Gasteiger partial charge in [-0.05, 0) is 57.6 Å². The molecule has 1 aromatic carbocycles. The molecular weight excluding hydrogens is 282 g/mol. The highest BCUT2D eigenvalue weighted by Gasteiger charge is 2.19. The van der Waals surface area contributed by atoms with E-state index in [2.05, 4.69) is 41.0 Å². The highest BCUT2D eigenvalue weighted by Crippen LogP contribution is 2.33. The van der Waals surface area contributed by atoms with Crippen LogP contribution in [0.2, 0.25) is 0 Å². The van der Waals surface area contributed by atoms with Crippen molar-refractivity contribution in [3.8, 4) is 0 Å². The summed E-state index contributed by atoms with van der Waals surface area (Å²) in [5.41, 5.74) is 3.88. The number of rotatable bonds is 2. The molecule has 23 heavy (non-hydrogen) atoms. The molecule has 4 rings (SSSR count). The minimum atomic E-state index is 1.15. The maximum atomic E-state index is 4.99. The summed E-state index contributed by atoms with van der Waals surface area (Å²) in [4.78, 5) is 10.1. The van der Waals surface area contributed by atoms with Crippen molar-refractivity contribution in [2.75, 3.05) is 36.0 Å². The Balaban J connectivity index is 1.80. The summed E-state index contributed by atoms with van der Waals surface area (Å²) < 4.78 is 0. The topological polar surface area (TPSA) is 19.4 Å². The molecule has 0 unspecified atom stereocenters. The number of pyridine rings is 1. The third kappa shape index (κ3) is 3.01. The Morgan fingerprint density at radius 3 is 2.13 bits per heavy atom. The van der Waals surface area contributed by atoms with Crippen molar-refractivity contribution in [2.24, 2.45) is 0 Å². The van der Waals surface area contributed by atoms with E-state index in [4.69, 9.17) is 4.98 Å². The fourth-order valence-corrected chi connectivity index (χ4v) is 3.99. The van der Waals surface area contributed by atoms with Crippen LogP contribution < -0.4 is 9.80 Å². The molecule has 0 amide bonds. The van der Waals surface area contributed by atoms with Crippen LogP contribution in [-0.4, -0.2) is 31.2 Å². The van der Waals surface area contributed by atoms with E-state index < -0.39 is 0 Å². The standard InChI is InChI=1S/C20H27N3/c1-16-8-9-18-17(14-16)19(22-10-4-2-5-11-22)15-20(21-18)23-12-6-3-7-13-23/h8-9,14-15H,2-7,10-13H2,1H3. The SMILES string of the molecule is Cc1ccc2nc(N3CCCCC3)cc(N3CCCCC3)c2c1. The van der Waals surface area contributed by atoms with Crippen LogP contribution in [0.4, 0.5) is 11.5 Å². The molecule has 0 atom stereocenters. The zero-order valence-corrected chi connectivity index (χ0v) is 14.2. The lowest BCUT2D eigenvalue weighted by molar-refractivity contribution is 0.571. The second-order valence-electron chi connectivity index (χ2n) is 7.12. The van der Waals surface area contributed by atoms with Crippen LogP contribution in [0, 0.1) is 6.92 Å². The summed E-state index contributed by atoms with van der Waals surface area (Å²) in [6.07, 6.45) is 7.96. The molecule has 0 bridgehead atoms. The molecule has 0 saturated carbocycles. The molecule has 2 saturated heterocycles. The molecule has 2 aliphatic heterocycles. The number of hydrogen-bond acceptors (Lipinski definition) is 3. The van der Waals surface area contributed by atoms with Gasteiger partial charge in [-0.15, -0.1) is 0 Å². The quantitative estimate of drug-likeness (QED) is 0.813. The molecule has 122 valence electrons. The molecule has 0 radical (unpaired) electrons. The zero-order valence-electron chi connectivity index (χ0n) is 14.2. The monoisotopic (exact) mass is 309 g/mol. The Bertz CT molecular complexity index is 683. The molecule has 3 heteroatoms. The van der Waals surface area contributed by atoms with Gasteiger partial charge in [0.2, 0.25) is 0 Å². The molecule has 2 aromatic rings. The fourth-order valence-electron chi connectivity index (χ4n) is 3.99. The van der Waals surface area contributed by atoms with Crippen molar-refractivity contribution >= 4 is 22.4 Å². The van der Waals surface area contributed by atoms with Crippen LogP contribution in [0.3, 0.4) is 0 Å². The van der Waals surface area contributed by atoms with Crippen molar-refractivity contribution < 1.29 is 0 Å². The summed E-state index contributed by atoms with van der Waals surface area (Å²) in [5.74, 6) is 1.18. The Hall–Kier alpha value is -1.77. The number of aromatic nitrogens is 1. The maximum Gasteiger partial charge on any atom is 0.131 e. The number of hydrogen-bond donors (Lipinski definition) is 0. The van der Waals surface area contributed by atoms with Crippen LogP contribution in [0.1, 0.15) is 44.1 Å². The Morgan fingerprint density at radius 2 is 1.43 bits per heavy atom. The Kier molecular flexibility index (Phi) is 4.11. The van der Waals surface area contributed by atoms with E-state index in [1.807, 2.05) is 0 Å². The molecule has 3 heterocycles. The predicted octanol–water partition coefficient (Wildman–Crippen LogP) is 4.52. The molecule has 2 fully saturated rings. The van der Waals surface area contributed by atoms with Gasteiger partial charge in [-0.1, -0.05) is 11.6 Å². The summed E-state index contributed by atoms with van der Waals surface area (Å²) in [6, 6.07) is 9.06. The number of nitrogens with zero attached hydrogens (tertiary/aromatic N) is 3. The lowest BCUT2D eigenvalue weighted by Gasteiger charge is -2.32. The zero-order chi connectivity index (χ0) is 15.6. The van der Waals surface area contributed by atoms with Crippen LogP contribution in [0.25, 0.3) is 10.9 Å². The number of aryl methyl sites for hydroxylation is 1. The summed E-state index contributed by atoms with van der Waals surface area (Å²) >= 11 is 0. The third-order valence-corrected chi connectivity index (χ3v) is 5.31. The minimum Gasteiger partial charge on any atom is -0.371 e. The van der Waals surface area contributed by atoms with E-state index in [0.29, 0.717) is 0 Å². The third-order valence-electron chi connectivity index (χ3n) is 5.31. The first-order chi connectivity index (χ1) is 11.3. The van der Waals surface area contributed by atoms with Crippen LogP contribution in [-0.2, 0) is 0 Å². The van der Waals surface area contributed by atoms with Crippen LogP contribution in [0.5, 0.6) is 0 Å². The number of benzene rings is 1. The predicted molar refractivity (Wildman–Crippen MR) is 98.6 cm³/mol. The highest BCUT2D eigenvalue weighted by atomic mass is 15.2. The van der Waals surface area contributed by atoms with Gasteiger partial charge in [0.15, 0.2) is 0 Å². The van der Waals surface area contributed by atoms with Crippen LogP contribution in [0.15, 0.2) is 24.3 Å². The van der Waals surface area contributed by atoms with Crippen molar-refractivity contribution in [1.29, 1.82) is 0 Å². The minimum absolute atomic E-state index is 1.15. The lowest BCUT2D eigenvalue weighted by atomic mass is 10.1. The first kappa shape index (κ1) is 14.8. The number of anilines is 2. The summed E-state index contributed by atoms with van der Waals surface area (Å²) in [5, 5.41) is 1.33. The largest absolute Gasteiger partial charge is 0.371 e. The van der Waals surface area contributed by atoms with Crippen molar-refractivity contribution in [3.05, 3.63) is 29.8 Å². The Labute approximate surface area is 139 Å². The van der Waals surface area contributed by atoms with Crippen LogP contribution >= 0.6 is 0 Å².